The SMILES string of the molecule is CC.CC.CC.CC.CCCCCC(O)C=C[C@H]1CCCC(=O)N1CC=CSCCC(=O)O.COCCCC(O)C=C[C@H]1CCCC(=O)N1CC=CCCCC(=O)O.O=C(O)CCCC=CCN1C(=O)CCC[C@@H]1C=CC(O)Sc1ccccc1.O=C(O)CCOC=CCN1C(=O)CCC[C@@H]1C=CC(O)Cc1ccccc1. The predicted octanol–water partition coefficient (Wildman–Crippen LogP) is 16.6. The molecule has 4 heterocycles. The number of amides is 4. The van der Waals surface area contributed by atoms with Crippen LogP contribution in [0.15, 0.2) is 162 Å². The topological polar surface area (TPSA) is 330 Å². The van der Waals surface area contributed by atoms with E-state index in [0.717, 1.165) is 93.9 Å². The van der Waals surface area contributed by atoms with Crippen molar-refractivity contribution < 1.29 is 88.7 Å². The molecule has 22 nitrogen and oxygen atoms in total. The number of benzene rings is 2. The number of carbonyl (C=O) groups is 8. The predicted molar refractivity (Wildman–Crippen MR) is 454 cm³/mol. The molecule has 632 valence electrons. The van der Waals surface area contributed by atoms with Crippen LogP contribution < -0.4 is 0 Å². The Balaban J connectivity index is 0. The number of rotatable bonds is 44. The van der Waals surface area contributed by atoms with Gasteiger partial charge in [-0.2, -0.15) is 0 Å². The first-order valence-electron chi connectivity index (χ1n) is 40.8. The molecule has 6 rings (SSSR count). The summed E-state index contributed by atoms with van der Waals surface area (Å²) in [4.78, 5) is 98.9. The van der Waals surface area contributed by atoms with E-state index in [1.54, 1.807) is 36.3 Å². The number of aliphatic hydroxyl groups is 4. The molecule has 2 aromatic carbocycles. The van der Waals surface area contributed by atoms with E-state index < -0.39 is 47.6 Å². The number of nitrogens with zero attached hydrogens (tertiary/aromatic N) is 4. The fourth-order valence-corrected chi connectivity index (χ4v) is 13.0. The highest BCUT2D eigenvalue weighted by Crippen LogP contribution is 2.27. The van der Waals surface area contributed by atoms with E-state index >= 15 is 0 Å². The van der Waals surface area contributed by atoms with Gasteiger partial charge in [-0.3, -0.25) is 38.4 Å². The van der Waals surface area contributed by atoms with Crippen molar-refractivity contribution >= 4 is 71.0 Å². The molecule has 0 radical (unpaired) electrons. The Morgan fingerprint density at radius 1 is 0.464 bits per heavy atom. The number of carboxylic acids is 4. The quantitative estimate of drug-likeness (QED) is 0.0100. The van der Waals surface area contributed by atoms with Gasteiger partial charge >= 0.3 is 23.9 Å². The average molecular weight is 1610 g/mol. The van der Waals surface area contributed by atoms with Gasteiger partial charge in [-0.1, -0.05) is 215 Å². The molecule has 8 N–H and O–H groups in total. The van der Waals surface area contributed by atoms with Gasteiger partial charge in [-0.15, -0.1) is 11.8 Å². The Bertz CT molecular complexity index is 2840. The number of ether oxygens (including phenoxy) is 2. The van der Waals surface area contributed by atoms with Crippen LogP contribution in [0.5, 0.6) is 0 Å². The molecular weight excluding hydrogens is 1470 g/mol. The molecular formula is C88H140N4O18S2. The minimum absolute atomic E-state index is 0.0130. The molecule has 4 unspecified atom stereocenters. The number of aliphatic hydroxyl groups excluding tert-OH is 4. The number of hydrogen-bond donors (Lipinski definition) is 8. The molecule has 4 saturated heterocycles. The monoisotopic (exact) mass is 1600 g/mol. The zero-order chi connectivity index (χ0) is 84.0. The number of thioether (sulfide) groups is 2. The minimum atomic E-state index is -0.908. The van der Waals surface area contributed by atoms with Crippen LogP contribution in [0, 0.1) is 0 Å². The van der Waals surface area contributed by atoms with Gasteiger partial charge in [0.25, 0.3) is 0 Å². The number of hydrogen-bond acceptors (Lipinski definition) is 16. The van der Waals surface area contributed by atoms with Gasteiger partial charge in [-0.05, 0) is 132 Å². The fourth-order valence-electron chi connectivity index (χ4n) is 11.6. The van der Waals surface area contributed by atoms with E-state index in [1.165, 1.54) is 29.8 Å². The van der Waals surface area contributed by atoms with Crippen LogP contribution in [0.1, 0.15) is 235 Å². The number of likely N-dealkylation sites (tertiary alicyclic amines) is 4. The van der Waals surface area contributed by atoms with E-state index in [2.05, 4.69) is 6.92 Å². The third kappa shape index (κ3) is 55.0. The molecule has 24 heteroatoms. The van der Waals surface area contributed by atoms with Gasteiger partial charge in [-0.25, -0.2) is 0 Å². The molecule has 8 atom stereocenters. The van der Waals surface area contributed by atoms with Gasteiger partial charge < -0.3 is 69.9 Å². The van der Waals surface area contributed by atoms with Crippen LogP contribution in [0.4, 0.5) is 0 Å². The van der Waals surface area contributed by atoms with Crippen LogP contribution in [0.2, 0.25) is 0 Å². The zero-order valence-electron chi connectivity index (χ0n) is 68.9. The van der Waals surface area contributed by atoms with E-state index in [9.17, 15) is 58.8 Å². The number of piperidine rings is 4. The molecule has 0 aromatic heterocycles. The summed E-state index contributed by atoms with van der Waals surface area (Å²) in [5, 5.41) is 76.7. The maximum absolute atomic E-state index is 12.3. The maximum atomic E-state index is 12.3. The second kappa shape index (κ2) is 72.4. The van der Waals surface area contributed by atoms with Crippen molar-refractivity contribution in [2.24, 2.45) is 0 Å². The van der Waals surface area contributed by atoms with Gasteiger partial charge in [0.05, 0.1) is 68.2 Å². The fraction of sp³-hybridized carbons (Fsp3) is 0.591. The lowest BCUT2D eigenvalue weighted by Gasteiger charge is -2.33. The Morgan fingerprint density at radius 3 is 1.28 bits per heavy atom. The largest absolute Gasteiger partial charge is 0.501 e. The number of carbonyl (C=O) groups excluding carboxylic acids is 4. The molecule has 4 amide bonds. The second-order valence-corrected chi connectivity index (χ2v) is 27.9. The summed E-state index contributed by atoms with van der Waals surface area (Å²) in [6.07, 6.45) is 44.4. The highest BCUT2D eigenvalue weighted by Gasteiger charge is 2.29. The van der Waals surface area contributed by atoms with Crippen molar-refractivity contribution in [2.45, 2.75) is 288 Å². The summed E-state index contributed by atoms with van der Waals surface area (Å²) >= 11 is 2.81. The summed E-state index contributed by atoms with van der Waals surface area (Å²) in [5.41, 5.74) is 0.408. The third-order valence-electron chi connectivity index (χ3n) is 17.2. The van der Waals surface area contributed by atoms with Crippen LogP contribution in [-0.2, 0) is 54.3 Å². The van der Waals surface area contributed by atoms with Gasteiger partial charge in [0.15, 0.2) is 0 Å². The normalized spacial score (nSPS) is 18.2. The Morgan fingerprint density at radius 2 is 0.857 bits per heavy atom. The van der Waals surface area contributed by atoms with Crippen LogP contribution in [-0.4, -0.2) is 208 Å². The smallest absolute Gasteiger partial charge is 0.306 e. The molecule has 2 aromatic rings. The van der Waals surface area contributed by atoms with E-state index in [4.69, 9.17) is 29.9 Å². The molecule has 4 aliphatic heterocycles. The lowest BCUT2D eigenvalue weighted by atomic mass is 9.99. The lowest BCUT2D eigenvalue weighted by molar-refractivity contribution is -0.138. The first-order valence-corrected chi connectivity index (χ1v) is 42.7. The average Bonchev–Trinajstić information content (AvgIpc) is 0.879. The number of unbranched alkanes of at least 4 members (excludes halogenated alkanes) is 4. The number of methoxy groups -OCH3 is 1. The van der Waals surface area contributed by atoms with Crippen LogP contribution in [0.3, 0.4) is 0 Å². The van der Waals surface area contributed by atoms with Crippen LogP contribution in [0.25, 0.3) is 0 Å². The Kier molecular flexibility index (Phi) is 68.8. The number of carboxylic acid groups (broad SMARTS) is 4. The van der Waals surface area contributed by atoms with E-state index in [0.29, 0.717) is 103 Å². The molecule has 4 fully saturated rings. The summed E-state index contributed by atoms with van der Waals surface area (Å²) in [6.45, 7) is 20.8. The summed E-state index contributed by atoms with van der Waals surface area (Å²) < 4.78 is 10.1. The summed E-state index contributed by atoms with van der Waals surface area (Å²) in [5.74, 6) is -2.27. The molecule has 0 saturated carbocycles. The molecule has 4 aliphatic rings. The highest BCUT2D eigenvalue weighted by molar-refractivity contribution is 8.02. The molecule has 0 bridgehead atoms. The first kappa shape index (κ1) is 106. The van der Waals surface area contributed by atoms with Crippen molar-refractivity contribution in [2.75, 3.05) is 52.3 Å². The van der Waals surface area contributed by atoms with E-state index in [-0.39, 0.29) is 80.1 Å². The van der Waals surface area contributed by atoms with Gasteiger partial charge in [0.2, 0.25) is 23.6 Å². The minimum Gasteiger partial charge on any atom is -0.501 e. The lowest BCUT2D eigenvalue weighted by Crippen LogP contribution is -2.42. The first-order chi connectivity index (χ1) is 54.2. The van der Waals surface area contributed by atoms with Crippen molar-refractivity contribution in [3.63, 3.8) is 0 Å². The number of aliphatic carboxylic acids is 4. The third-order valence-corrected chi connectivity index (χ3v) is 18.9. The Labute approximate surface area is 679 Å². The summed E-state index contributed by atoms with van der Waals surface area (Å²) in [6, 6.07) is 19.5. The number of allylic oxidation sites excluding steroid dienone is 2. The van der Waals surface area contributed by atoms with Crippen LogP contribution >= 0.6 is 23.5 Å². The van der Waals surface area contributed by atoms with Gasteiger partial charge in [0.1, 0.15) is 5.44 Å². The van der Waals surface area contributed by atoms with Crippen molar-refractivity contribution in [1.82, 2.24) is 19.6 Å². The Hall–Kier alpha value is -7.58. The van der Waals surface area contributed by atoms with Crippen molar-refractivity contribution in [1.29, 1.82) is 0 Å². The standard InChI is InChI=1S/C21H27NO5.C21H27NO4S.C19H31NO5.C19H31NO4S.4C2H6/c23-19(16-17-6-2-1-3-7-17)11-10-18-8-4-9-20(24)22(18)13-5-14-27-15-12-21(25)26;23-19-12-8-9-17(22(19)16-7-2-1-6-13-20(24)25)14-15-21(26)27-18-10-4-3-5-11-18;1-25-15-7-9-17(21)13-12-16-8-6-10-18(22)20(16)14-5-3-2-4-11-19(23)24;1-2-3-4-8-17(21)11-10-16-7-5-9-18(22)20(16)13-6-14-25-15-12-19(23)24;4*1-2/h1-3,5-7,10-11,14,18-19,23H,4,8-9,12-13,15-16H2,(H,25,26);2-5,7,10-11,14-15,17,21,26H,1,6,8-9,12-13,16H2,(H,24,25);3,5,12-13,16-17,21H,2,4,6-11,14-15H2,1H3,(H,23,24);6,10-11,14,16-17,21H,2-5,7-9,12-13,15H2,1H3,(H,23,24);4*1-2H3/t18-,19?;17-,21?;2*16-,17?;;;;/m1111..../s1. The van der Waals surface area contributed by atoms with Gasteiger partial charge in [0, 0.05) is 95.5 Å². The highest BCUT2D eigenvalue weighted by atomic mass is 32.2. The van der Waals surface area contributed by atoms with Crippen molar-refractivity contribution in [3.8, 4) is 0 Å². The van der Waals surface area contributed by atoms with E-state index in [1.807, 2.05) is 197 Å². The molecule has 112 heavy (non-hydrogen) atoms. The molecule has 0 spiro atoms. The zero-order valence-corrected chi connectivity index (χ0v) is 70.6. The maximum Gasteiger partial charge on any atom is 0.306 e. The van der Waals surface area contributed by atoms with Crippen molar-refractivity contribution in [3.05, 3.63) is 163 Å². The molecule has 0 aliphatic carbocycles. The second-order valence-electron chi connectivity index (χ2n) is 25.7. The summed E-state index contributed by atoms with van der Waals surface area (Å²) in [7, 11) is 1.64.